The number of rotatable bonds is 2. The van der Waals surface area contributed by atoms with E-state index in [9.17, 15) is 4.79 Å². The SMILES string of the molecule is C[C@@H](NC=O)C(C)(C)C. The first kappa shape index (κ1) is 8.47. The molecule has 0 bridgehead atoms. The van der Waals surface area contributed by atoms with E-state index in [-0.39, 0.29) is 11.5 Å². The van der Waals surface area contributed by atoms with E-state index in [0.717, 1.165) is 6.41 Å². The minimum Gasteiger partial charge on any atom is -0.356 e. The van der Waals surface area contributed by atoms with Crippen LogP contribution in [0.15, 0.2) is 0 Å². The molecule has 0 aromatic rings. The molecule has 0 unspecified atom stereocenters. The van der Waals surface area contributed by atoms with E-state index >= 15 is 0 Å². The molecule has 54 valence electrons. The molecule has 0 saturated heterocycles. The van der Waals surface area contributed by atoms with E-state index in [1.807, 2.05) is 6.92 Å². The summed E-state index contributed by atoms with van der Waals surface area (Å²) in [7, 11) is 0. The second-order valence-corrected chi connectivity index (χ2v) is 3.37. The summed E-state index contributed by atoms with van der Waals surface area (Å²) in [6, 6.07) is 0.245. The first-order valence-electron chi connectivity index (χ1n) is 3.18. The van der Waals surface area contributed by atoms with Crippen LogP contribution in [0.2, 0.25) is 0 Å². The molecule has 0 aromatic heterocycles. The fourth-order valence-corrected chi connectivity index (χ4v) is 0.352. The Hall–Kier alpha value is -0.530. The highest BCUT2D eigenvalue weighted by molar-refractivity contribution is 5.46. The molecule has 9 heavy (non-hydrogen) atoms. The van der Waals surface area contributed by atoms with Gasteiger partial charge in [-0.05, 0) is 12.3 Å². The van der Waals surface area contributed by atoms with E-state index in [4.69, 9.17) is 0 Å². The molecule has 0 saturated carbocycles. The number of carbonyl (C=O) groups is 1. The standard InChI is InChI=1S/C7H15NO/c1-6(8-5-9)7(2,3)4/h5-6H,1-4H3,(H,8,9)/t6-/m1/s1. The topological polar surface area (TPSA) is 29.1 Å². The predicted octanol–water partition coefficient (Wildman–Crippen LogP) is 1.17. The van der Waals surface area contributed by atoms with Crippen molar-refractivity contribution in [2.75, 3.05) is 0 Å². The number of carbonyl (C=O) groups excluding carboxylic acids is 1. The third kappa shape index (κ3) is 3.12. The van der Waals surface area contributed by atoms with Gasteiger partial charge in [-0.3, -0.25) is 4.79 Å². The molecule has 1 N–H and O–H groups in total. The zero-order valence-corrected chi connectivity index (χ0v) is 6.56. The van der Waals surface area contributed by atoms with Crippen LogP contribution in [0.1, 0.15) is 27.7 Å². The third-order valence-electron chi connectivity index (χ3n) is 1.62. The van der Waals surface area contributed by atoms with Gasteiger partial charge in [-0.2, -0.15) is 0 Å². The summed E-state index contributed by atoms with van der Waals surface area (Å²) in [5.41, 5.74) is 0.168. The van der Waals surface area contributed by atoms with Gasteiger partial charge in [-0.25, -0.2) is 0 Å². The summed E-state index contributed by atoms with van der Waals surface area (Å²) in [5.74, 6) is 0. The maximum atomic E-state index is 9.95. The van der Waals surface area contributed by atoms with Crippen molar-refractivity contribution in [3.8, 4) is 0 Å². The highest BCUT2D eigenvalue weighted by Gasteiger charge is 2.18. The van der Waals surface area contributed by atoms with Gasteiger partial charge >= 0.3 is 0 Å². The lowest BCUT2D eigenvalue weighted by atomic mass is 9.88. The van der Waals surface area contributed by atoms with E-state index in [1.54, 1.807) is 0 Å². The highest BCUT2D eigenvalue weighted by atomic mass is 16.1. The van der Waals surface area contributed by atoms with E-state index in [2.05, 4.69) is 26.1 Å². The van der Waals surface area contributed by atoms with Gasteiger partial charge in [0.15, 0.2) is 0 Å². The first-order chi connectivity index (χ1) is 3.98. The molecule has 0 aliphatic carbocycles. The highest BCUT2D eigenvalue weighted by Crippen LogP contribution is 2.17. The van der Waals surface area contributed by atoms with Crippen LogP contribution >= 0.6 is 0 Å². The molecular weight excluding hydrogens is 114 g/mol. The minimum absolute atomic E-state index is 0.168. The molecule has 2 heteroatoms. The van der Waals surface area contributed by atoms with Crippen LogP contribution in [0.25, 0.3) is 0 Å². The second kappa shape index (κ2) is 2.85. The third-order valence-corrected chi connectivity index (χ3v) is 1.62. The van der Waals surface area contributed by atoms with Crippen molar-refractivity contribution < 1.29 is 4.79 Å². The van der Waals surface area contributed by atoms with Crippen molar-refractivity contribution >= 4 is 6.41 Å². The van der Waals surface area contributed by atoms with Gasteiger partial charge in [0.05, 0.1) is 0 Å². The quantitative estimate of drug-likeness (QED) is 0.557. The van der Waals surface area contributed by atoms with Crippen molar-refractivity contribution in [1.29, 1.82) is 0 Å². The Labute approximate surface area is 56.6 Å². The summed E-state index contributed by atoms with van der Waals surface area (Å²) < 4.78 is 0. The van der Waals surface area contributed by atoms with Crippen LogP contribution in [0.5, 0.6) is 0 Å². The average Bonchev–Trinajstić information content (AvgIpc) is 1.64. The Morgan fingerprint density at radius 2 is 1.89 bits per heavy atom. The maximum Gasteiger partial charge on any atom is 0.207 e. The molecule has 0 rings (SSSR count). The number of nitrogens with one attached hydrogen (secondary N) is 1. The number of amides is 1. The Balaban J connectivity index is 3.72. The minimum atomic E-state index is 0.168. The van der Waals surface area contributed by atoms with E-state index in [1.165, 1.54) is 0 Å². The molecule has 0 heterocycles. The fraction of sp³-hybridized carbons (Fsp3) is 0.857. The summed E-state index contributed by atoms with van der Waals surface area (Å²) in [4.78, 5) is 9.95. The predicted molar refractivity (Wildman–Crippen MR) is 38.1 cm³/mol. The Bertz CT molecular complexity index is 93.6. The average molecular weight is 129 g/mol. The Morgan fingerprint density at radius 1 is 1.44 bits per heavy atom. The molecule has 0 radical (unpaired) electrons. The molecule has 0 fully saturated rings. The lowest BCUT2D eigenvalue weighted by molar-refractivity contribution is -0.110. The molecular formula is C7H15NO. The molecule has 0 spiro atoms. The summed E-state index contributed by atoms with van der Waals surface area (Å²) in [6.45, 7) is 8.27. The van der Waals surface area contributed by atoms with E-state index in [0.29, 0.717) is 0 Å². The van der Waals surface area contributed by atoms with Gasteiger partial charge < -0.3 is 5.32 Å². The fourth-order valence-electron chi connectivity index (χ4n) is 0.352. The normalized spacial score (nSPS) is 14.7. The van der Waals surface area contributed by atoms with Crippen LogP contribution in [0, 0.1) is 5.41 Å². The van der Waals surface area contributed by atoms with Crippen LogP contribution in [0.4, 0.5) is 0 Å². The number of hydrogen-bond donors (Lipinski definition) is 1. The van der Waals surface area contributed by atoms with Crippen molar-refractivity contribution in [3.63, 3.8) is 0 Å². The number of hydrogen-bond acceptors (Lipinski definition) is 1. The molecule has 1 amide bonds. The molecule has 1 atom stereocenters. The molecule has 2 nitrogen and oxygen atoms in total. The van der Waals surface area contributed by atoms with Gasteiger partial charge in [0.25, 0.3) is 0 Å². The van der Waals surface area contributed by atoms with Gasteiger partial charge in [-0.1, -0.05) is 20.8 Å². The zero-order valence-electron chi connectivity index (χ0n) is 6.56. The smallest absolute Gasteiger partial charge is 0.207 e. The van der Waals surface area contributed by atoms with Crippen LogP contribution in [0.3, 0.4) is 0 Å². The van der Waals surface area contributed by atoms with Crippen molar-refractivity contribution in [3.05, 3.63) is 0 Å². The van der Waals surface area contributed by atoms with Gasteiger partial charge in [-0.15, -0.1) is 0 Å². The lowest BCUT2D eigenvalue weighted by Crippen LogP contribution is -2.36. The van der Waals surface area contributed by atoms with Gasteiger partial charge in [0.1, 0.15) is 0 Å². The van der Waals surface area contributed by atoms with Crippen molar-refractivity contribution in [2.45, 2.75) is 33.7 Å². The Kier molecular flexibility index (Phi) is 2.68. The molecule has 0 aromatic carbocycles. The van der Waals surface area contributed by atoms with E-state index < -0.39 is 0 Å². The van der Waals surface area contributed by atoms with Crippen LogP contribution < -0.4 is 5.32 Å². The molecule has 0 aliphatic heterocycles. The van der Waals surface area contributed by atoms with Gasteiger partial charge in [0.2, 0.25) is 6.41 Å². The largest absolute Gasteiger partial charge is 0.356 e. The maximum absolute atomic E-state index is 9.95. The second-order valence-electron chi connectivity index (χ2n) is 3.37. The first-order valence-corrected chi connectivity index (χ1v) is 3.18. The van der Waals surface area contributed by atoms with Crippen LogP contribution in [-0.2, 0) is 4.79 Å². The lowest BCUT2D eigenvalue weighted by Gasteiger charge is -2.26. The van der Waals surface area contributed by atoms with Crippen molar-refractivity contribution in [1.82, 2.24) is 5.32 Å². The van der Waals surface area contributed by atoms with Crippen LogP contribution in [-0.4, -0.2) is 12.5 Å². The monoisotopic (exact) mass is 129 g/mol. The molecule has 0 aliphatic rings. The summed E-state index contributed by atoms with van der Waals surface area (Å²) >= 11 is 0. The van der Waals surface area contributed by atoms with Gasteiger partial charge in [0, 0.05) is 6.04 Å². The summed E-state index contributed by atoms with van der Waals surface area (Å²) in [6.07, 6.45) is 0.746. The zero-order chi connectivity index (χ0) is 7.49. The summed E-state index contributed by atoms with van der Waals surface area (Å²) in [5, 5.41) is 2.70. The van der Waals surface area contributed by atoms with Crippen molar-refractivity contribution in [2.24, 2.45) is 5.41 Å². The Morgan fingerprint density at radius 3 is 2.00 bits per heavy atom.